The van der Waals surface area contributed by atoms with Gasteiger partial charge in [-0.25, -0.2) is 4.98 Å². The zero-order chi connectivity index (χ0) is 18.1. The molecule has 0 bridgehead atoms. The summed E-state index contributed by atoms with van der Waals surface area (Å²) < 4.78 is 6.05. The van der Waals surface area contributed by atoms with Gasteiger partial charge in [0, 0.05) is 23.4 Å². The topological polar surface area (TPSA) is 72.0 Å². The number of hydrogen-bond acceptors (Lipinski definition) is 4. The Labute approximate surface area is 149 Å². The highest BCUT2D eigenvalue weighted by Crippen LogP contribution is 2.32. The molecule has 0 atom stereocenters. The van der Waals surface area contributed by atoms with Crippen LogP contribution < -0.4 is 10.3 Å². The van der Waals surface area contributed by atoms with Crippen molar-refractivity contribution in [2.45, 2.75) is 13.3 Å². The maximum Gasteiger partial charge on any atom is 0.257 e. The smallest absolute Gasteiger partial charge is 0.257 e. The molecule has 1 N–H and O–H groups in total. The molecule has 26 heavy (non-hydrogen) atoms. The lowest BCUT2D eigenvalue weighted by molar-refractivity contribution is -0.116. The summed E-state index contributed by atoms with van der Waals surface area (Å²) in [6.07, 6.45) is 2.01. The highest BCUT2D eigenvalue weighted by atomic mass is 16.5. The molecule has 2 heterocycles. The van der Waals surface area contributed by atoms with E-state index >= 15 is 0 Å². The van der Waals surface area contributed by atoms with Crippen LogP contribution in [0.2, 0.25) is 0 Å². The Morgan fingerprint density at radius 2 is 1.77 bits per heavy atom. The first-order valence-electron chi connectivity index (χ1n) is 8.28. The number of carbonyl (C=O) groups excluding carboxylic acids is 1. The van der Waals surface area contributed by atoms with Crippen LogP contribution in [0.25, 0.3) is 21.8 Å². The van der Waals surface area contributed by atoms with Crippen molar-refractivity contribution in [2.24, 2.45) is 0 Å². The second-order valence-electron chi connectivity index (χ2n) is 6.16. The number of benzene rings is 2. The fourth-order valence-corrected chi connectivity index (χ4v) is 3.05. The van der Waals surface area contributed by atoms with Crippen LogP contribution in [0.3, 0.4) is 0 Å². The van der Waals surface area contributed by atoms with Gasteiger partial charge >= 0.3 is 0 Å². The Kier molecular flexibility index (Phi) is 3.97. The van der Waals surface area contributed by atoms with Crippen molar-refractivity contribution in [3.05, 3.63) is 76.7 Å². The van der Waals surface area contributed by atoms with Gasteiger partial charge in [0.05, 0.1) is 5.39 Å². The summed E-state index contributed by atoms with van der Waals surface area (Å²) in [6.45, 7) is 1.57. The van der Waals surface area contributed by atoms with E-state index in [2.05, 4.69) is 9.97 Å². The van der Waals surface area contributed by atoms with Crippen molar-refractivity contribution in [3.8, 4) is 11.5 Å². The lowest BCUT2D eigenvalue weighted by atomic mass is 10.1. The van der Waals surface area contributed by atoms with Crippen molar-refractivity contribution in [3.63, 3.8) is 0 Å². The minimum Gasteiger partial charge on any atom is -0.457 e. The third kappa shape index (κ3) is 2.95. The van der Waals surface area contributed by atoms with Crippen molar-refractivity contribution >= 4 is 27.6 Å². The predicted molar refractivity (Wildman–Crippen MR) is 101 cm³/mol. The molecule has 0 aliphatic heterocycles. The molecule has 2 aromatic carbocycles. The normalized spacial score (nSPS) is 11.0. The van der Waals surface area contributed by atoms with Crippen LogP contribution in [0, 0.1) is 0 Å². The molecule has 0 amide bonds. The van der Waals surface area contributed by atoms with Gasteiger partial charge in [-0.15, -0.1) is 0 Å². The molecular formula is C21H16N2O3. The minimum atomic E-state index is -0.175. The van der Waals surface area contributed by atoms with E-state index < -0.39 is 0 Å². The molecule has 0 fully saturated rings. The number of rotatable bonds is 4. The molecule has 4 aromatic rings. The number of ketones is 1. The van der Waals surface area contributed by atoms with E-state index in [0.717, 1.165) is 16.3 Å². The summed E-state index contributed by atoms with van der Waals surface area (Å²) in [5.41, 5.74) is 1.25. The number of nitrogens with one attached hydrogen (secondary N) is 1. The zero-order valence-electron chi connectivity index (χ0n) is 14.2. The number of aromatic nitrogens is 2. The summed E-state index contributed by atoms with van der Waals surface area (Å²) >= 11 is 0. The third-order valence-electron chi connectivity index (χ3n) is 4.19. The summed E-state index contributed by atoms with van der Waals surface area (Å²) in [5, 5.41) is 2.15. The van der Waals surface area contributed by atoms with Crippen LogP contribution >= 0.6 is 0 Å². The SMILES string of the molecule is CC(=O)Cc1ccc(Oc2ccnc3[nH]c(=O)c4ccccc4c23)cc1. The number of ether oxygens (including phenoxy) is 1. The maximum atomic E-state index is 12.2. The average molecular weight is 344 g/mol. The first-order chi connectivity index (χ1) is 12.6. The molecule has 0 aliphatic rings. The second-order valence-corrected chi connectivity index (χ2v) is 6.16. The van der Waals surface area contributed by atoms with E-state index in [1.54, 1.807) is 25.3 Å². The molecule has 5 heteroatoms. The van der Waals surface area contributed by atoms with Crippen molar-refractivity contribution in [1.29, 1.82) is 0 Å². The molecule has 0 unspecified atom stereocenters. The first kappa shape index (κ1) is 16.0. The Bertz CT molecular complexity index is 1180. The largest absolute Gasteiger partial charge is 0.457 e. The molecule has 0 radical (unpaired) electrons. The fraction of sp³-hybridized carbons (Fsp3) is 0.0952. The van der Waals surface area contributed by atoms with E-state index in [1.807, 2.05) is 42.5 Å². The van der Waals surface area contributed by atoms with E-state index in [1.165, 1.54) is 0 Å². The Balaban J connectivity index is 1.81. The highest BCUT2D eigenvalue weighted by Gasteiger charge is 2.11. The van der Waals surface area contributed by atoms with Gasteiger partial charge in [-0.2, -0.15) is 0 Å². The van der Waals surface area contributed by atoms with E-state index in [-0.39, 0.29) is 11.3 Å². The summed E-state index contributed by atoms with van der Waals surface area (Å²) in [7, 11) is 0. The number of H-pyrrole nitrogens is 1. The second kappa shape index (κ2) is 6.44. The number of Topliss-reactive ketones (excluding diaryl/α,β-unsaturated/α-hetero) is 1. The van der Waals surface area contributed by atoms with Crippen LogP contribution in [0.4, 0.5) is 0 Å². The summed E-state index contributed by atoms with van der Waals surface area (Å²) in [4.78, 5) is 30.5. The van der Waals surface area contributed by atoms with Gasteiger partial charge in [-0.05, 0) is 36.8 Å². The van der Waals surface area contributed by atoms with Crippen LogP contribution in [0.1, 0.15) is 12.5 Å². The molecular weight excluding hydrogens is 328 g/mol. The Morgan fingerprint density at radius 1 is 1.04 bits per heavy atom. The predicted octanol–water partition coefficient (Wildman–Crippen LogP) is 4.00. The van der Waals surface area contributed by atoms with Crippen molar-refractivity contribution in [1.82, 2.24) is 9.97 Å². The monoisotopic (exact) mass is 344 g/mol. The maximum absolute atomic E-state index is 12.2. The number of fused-ring (bicyclic) bond motifs is 3. The minimum absolute atomic E-state index is 0.120. The lowest BCUT2D eigenvalue weighted by Crippen LogP contribution is -2.07. The third-order valence-corrected chi connectivity index (χ3v) is 4.19. The lowest BCUT2D eigenvalue weighted by Gasteiger charge is -2.11. The van der Waals surface area contributed by atoms with E-state index in [4.69, 9.17) is 4.74 Å². The Hall–Kier alpha value is -3.47. The first-order valence-corrected chi connectivity index (χ1v) is 8.28. The number of hydrogen-bond donors (Lipinski definition) is 1. The molecule has 2 aromatic heterocycles. The van der Waals surface area contributed by atoms with Gasteiger partial charge in [0.2, 0.25) is 0 Å². The fourth-order valence-electron chi connectivity index (χ4n) is 3.05. The van der Waals surface area contributed by atoms with Crippen LogP contribution in [0.5, 0.6) is 11.5 Å². The van der Waals surface area contributed by atoms with Crippen LogP contribution in [0.15, 0.2) is 65.6 Å². The molecule has 0 aliphatic carbocycles. The molecule has 5 nitrogen and oxygen atoms in total. The standard InChI is InChI=1S/C21H16N2O3/c1-13(24)12-14-6-8-15(9-7-14)26-18-10-11-22-20-19(18)16-4-2-3-5-17(16)21(25)23-20/h2-11H,12H2,1H3,(H,22,23,25). The summed E-state index contributed by atoms with van der Waals surface area (Å²) in [5.74, 6) is 1.39. The van der Waals surface area contributed by atoms with Gasteiger partial charge in [0.15, 0.2) is 0 Å². The molecule has 4 rings (SSSR count). The number of nitrogens with zero attached hydrogens (tertiary/aromatic N) is 1. The molecule has 0 saturated carbocycles. The van der Waals surface area contributed by atoms with E-state index in [9.17, 15) is 9.59 Å². The quantitative estimate of drug-likeness (QED) is 0.568. The molecule has 0 spiro atoms. The van der Waals surface area contributed by atoms with Crippen molar-refractivity contribution in [2.75, 3.05) is 0 Å². The molecule has 128 valence electrons. The number of aromatic amines is 1. The highest BCUT2D eigenvalue weighted by molar-refractivity contribution is 6.07. The van der Waals surface area contributed by atoms with Crippen molar-refractivity contribution < 1.29 is 9.53 Å². The van der Waals surface area contributed by atoms with E-state index in [0.29, 0.717) is 29.0 Å². The number of pyridine rings is 2. The number of carbonyl (C=O) groups is 1. The van der Waals surface area contributed by atoms with Gasteiger partial charge in [0.25, 0.3) is 5.56 Å². The zero-order valence-corrected chi connectivity index (χ0v) is 14.2. The van der Waals surface area contributed by atoms with Crippen LogP contribution in [-0.2, 0) is 11.2 Å². The van der Waals surface area contributed by atoms with Gasteiger partial charge in [0.1, 0.15) is 22.9 Å². The molecule has 0 saturated heterocycles. The van der Waals surface area contributed by atoms with Crippen LogP contribution in [-0.4, -0.2) is 15.8 Å². The Morgan fingerprint density at radius 3 is 2.50 bits per heavy atom. The van der Waals surface area contributed by atoms with Gasteiger partial charge < -0.3 is 9.72 Å². The van der Waals surface area contributed by atoms with Gasteiger partial charge in [-0.3, -0.25) is 9.59 Å². The average Bonchev–Trinajstić information content (AvgIpc) is 2.63. The van der Waals surface area contributed by atoms with Gasteiger partial charge in [-0.1, -0.05) is 30.3 Å². The summed E-state index contributed by atoms with van der Waals surface area (Å²) in [6, 6.07) is 16.6.